The summed E-state index contributed by atoms with van der Waals surface area (Å²) in [5.74, 6) is -1.96. The van der Waals surface area contributed by atoms with E-state index in [0.717, 1.165) is 31.4 Å². The van der Waals surface area contributed by atoms with Crippen LogP contribution in [0.4, 0.5) is 13.2 Å². The third kappa shape index (κ3) is 9.28. The minimum atomic E-state index is -4.48. The fourth-order valence-electron chi connectivity index (χ4n) is 4.31. The average Bonchev–Trinajstić information content (AvgIpc) is 3.06. The number of rotatable bonds is 14. The van der Waals surface area contributed by atoms with E-state index in [1.54, 1.807) is 12.2 Å². The number of unbranched alkanes of at least 4 members (excludes halogenated alkanes) is 2. The molecule has 0 heterocycles. The summed E-state index contributed by atoms with van der Waals surface area (Å²) in [6.45, 7) is 2.09. The Balaban J connectivity index is 1.87. The Morgan fingerprint density at radius 1 is 1.17 bits per heavy atom. The number of Topliss-reactive ketones (excluding diaryl/α,β-unsaturated/α-hetero) is 1. The van der Waals surface area contributed by atoms with Crippen molar-refractivity contribution in [3.8, 4) is 0 Å². The highest BCUT2D eigenvalue weighted by molar-refractivity contribution is 8.00. The number of halogens is 3. The molecule has 5 atom stereocenters. The predicted octanol–water partition coefficient (Wildman–Crippen LogP) is 5.59. The van der Waals surface area contributed by atoms with Gasteiger partial charge >= 0.3 is 12.1 Å². The van der Waals surface area contributed by atoms with E-state index in [0.29, 0.717) is 30.6 Å². The van der Waals surface area contributed by atoms with E-state index < -0.39 is 35.8 Å². The van der Waals surface area contributed by atoms with Crippen molar-refractivity contribution >= 4 is 23.5 Å². The van der Waals surface area contributed by atoms with E-state index in [-0.39, 0.29) is 29.8 Å². The van der Waals surface area contributed by atoms with Crippen molar-refractivity contribution in [2.75, 3.05) is 5.75 Å². The molecule has 5 nitrogen and oxygen atoms in total. The van der Waals surface area contributed by atoms with Crippen LogP contribution in [0.15, 0.2) is 36.4 Å². The van der Waals surface area contributed by atoms with Gasteiger partial charge in [0.2, 0.25) is 0 Å². The van der Waals surface area contributed by atoms with Crippen LogP contribution in [0.1, 0.15) is 75.3 Å². The Labute approximate surface area is 208 Å². The first kappa shape index (κ1) is 29.4. The van der Waals surface area contributed by atoms with E-state index in [1.807, 2.05) is 0 Å². The number of allylic oxidation sites excluding steroid dienone is 2. The first-order valence-electron chi connectivity index (χ1n) is 12.1. The maximum atomic E-state index is 12.7. The summed E-state index contributed by atoms with van der Waals surface area (Å²) in [6, 6.07) is 4.16. The van der Waals surface area contributed by atoms with Crippen LogP contribution in [0.2, 0.25) is 0 Å². The molecule has 0 aromatic heterocycles. The second-order valence-corrected chi connectivity index (χ2v) is 10.3. The van der Waals surface area contributed by atoms with Gasteiger partial charge in [-0.2, -0.15) is 24.9 Å². The third-order valence-electron chi connectivity index (χ3n) is 6.34. The molecular weight excluding hydrogens is 481 g/mol. The number of alkyl halides is 3. The van der Waals surface area contributed by atoms with Crippen LogP contribution >= 0.6 is 11.8 Å². The van der Waals surface area contributed by atoms with Crippen LogP contribution in [-0.4, -0.2) is 50.3 Å². The first-order chi connectivity index (χ1) is 16.5. The Bertz CT molecular complexity index is 840. The number of carbonyl (C=O) groups excluding carboxylic acids is 1. The molecule has 0 aliphatic heterocycles. The molecule has 1 fully saturated rings. The van der Waals surface area contributed by atoms with Gasteiger partial charge in [-0.15, -0.1) is 0 Å². The minimum Gasteiger partial charge on any atom is -0.481 e. The van der Waals surface area contributed by atoms with Crippen molar-refractivity contribution < 1.29 is 38.1 Å². The lowest BCUT2D eigenvalue weighted by molar-refractivity contribution is -0.139. The summed E-state index contributed by atoms with van der Waals surface area (Å²) in [4.78, 5) is 24.0. The molecule has 0 amide bonds. The standard InChI is InChI=1S/C26H35F3O5S/c1-2-3-5-8-19(30)16-35-24-21(22(31)15-23(24)32)10-7-4-6-9-20(25(33)34)17-11-13-18(14-12-17)26(27,28)29/h4,7,11-14,19-21,23-24,30,32H,2-3,5-6,8-10,15-16H2,1H3,(H,33,34)/t19?,20?,21-,23?,24+/m0/s1. The highest BCUT2D eigenvalue weighted by atomic mass is 32.2. The molecule has 0 saturated heterocycles. The van der Waals surface area contributed by atoms with Gasteiger partial charge in [-0.25, -0.2) is 0 Å². The molecule has 2 rings (SSSR count). The van der Waals surface area contributed by atoms with E-state index in [1.165, 1.54) is 23.9 Å². The maximum Gasteiger partial charge on any atom is 0.416 e. The number of hydrogen-bond acceptors (Lipinski definition) is 5. The summed E-state index contributed by atoms with van der Waals surface area (Å²) in [5.41, 5.74) is -0.517. The van der Waals surface area contributed by atoms with Crippen LogP contribution in [0.25, 0.3) is 0 Å². The van der Waals surface area contributed by atoms with Gasteiger partial charge in [-0.1, -0.05) is 50.5 Å². The Kier molecular flexibility index (Phi) is 11.8. The first-order valence-corrected chi connectivity index (χ1v) is 13.1. The van der Waals surface area contributed by atoms with Gasteiger partial charge in [-0.05, 0) is 43.4 Å². The number of ketones is 1. The van der Waals surface area contributed by atoms with Crippen LogP contribution in [0.3, 0.4) is 0 Å². The molecule has 9 heteroatoms. The summed E-state index contributed by atoms with van der Waals surface area (Å²) >= 11 is 1.43. The second-order valence-electron chi connectivity index (χ2n) is 9.09. The Morgan fingerprint density at radius 2 is 1.86 bits per heavy atom. The molecular formula is C26H35F3O5S. The van der Waals surface area contributed by atoms with Gasteiger partial charge in [0.1, 0.15) is 5.78 Å². The molecule has 35 heavy (non-hydrogen) atoms. The van der Waals surface area contributed by atoms with Crippen molar-refractivity contribution in [1.29, 1.82) is 0 Å². The van der Waals surface area contributed by atoms with E-state index in [4.69, 9.17) is 0 Å². The summed E-state index contributed by atoms with van der Waals surface area (Å²) in [7, 11) is 0. The van der Waals surface area contributed by atoms with Crippen LogP contribution < -0.4 is 0 Å². The zero-order chi connectivity index (χ0) is 26.0. The van der Waals surface area contributed by atoms with Crippen molar-refractivity contribution in [3.05, 3.63) is 47.5 Å². The SMILES string of the molecule is CCCCCC(O)CS[C@H]1C(O)CC(=O)[C@@H]1CC=CCCC(C(=O)O)c1ccc(C(F)(F)F)cc1. The van der Waals surface area contributed by atoms with Crippen molar-refractivity contribution in [2.24, 2.45) is 5.92 Å². The predicted molar refractivity (Wildman–Crippen MR) is 130 cm³/mol. The molecule has 1 aromatic carbocycles. The monoisotopic (exact) mass is 516 g/mol. The number of carboxylic acids is 1. The van der Waals surface area contributed by atoms with Crippen LogP contribution in [0, 0.1) is 5.92 Å². The van der Waals surface area contributed by atoms with Crippen molar-refractivity contribution in [3.63, 3.8) is 0 Å². The maximum absolute atomic E-state index is 12.7. The zero-order valence-electron chi connectivity index (χ0n) is 19.9. The van der Waals surface area contributed by atoms with Gasteiger partial charge in [0.25, 0.3) is 0 Å². The third-order valence-corrected chi connectivity index (χ3v) is 7.94. The molecule has 1 saturated carbocycles. The molecule has 1 aliphatic carbocycles. The lowest BCUT2D eigenvalue weighted by Crippen LogP contribution is -2.25. The number of hydrogen-bond donors (Lipinski definition) is 3. The van der Waals surface area contributed by atoms with Crippen molar-refractivity contribution in [2.45, 2.75) is 87.8 Å². The van der Waals surface area contributed by atoms with E-state index in [9.17, 15) is 38.1 Å². The highest BCUT2D eigenvalue weighted by Crippen LogP contribution is 2.36. The summed E-state index contributed by atoms with van der Waals surface area (Å²) < 4.78 is 38.2. The molecule has 0 bridgehead atoms. The van der Waals surface area contributed by atoms with E-state index >= 15 is 0 Å². The number of carbonyl (C=O) groups is 2. The molecule has 1 aromatic rings. The molecule has 196 valence electrons. The lowest BCUT2D eigenvalue weighted by Gasteiger charge is -2.21. The normalized spacial score (nSPS) is 22.6. The largest absolute Gasteiger partial charge is 0.481 e. The second kappa shape index (κ2) is 14.0. The number of aliphatic hydroxyl groups is 2. The van der Waals surface area contributed by atoms with Gasteiger partial charge in [0, 0.05) is 23.3 Å². The number of thioether (sulfide) groups is 1. The number of aliphatic hydroxyl groups excluding tert-OH is 2. The van der Waals surface area contributed by atoms with Gasteiger partial charge in [0.05, 0.1) is 23.7 Å². The molecule has 3 N–H and O–H groups in total. The zero-order valence-corrected chi connectivity index (χ0v) is 20.7. The smallest absolute Gasteiger partial charge is 0.416 e. The highest BCUT2D eigenvalue weighted by Gasteiger charge is 2.41. The Hall–Kier alpha value is -1.84. The van der Waals surface area contributed by atoms with Gasteiger partial charge < -0.3 is 15.3 Å². The van der Waals surface area contributed by atoms with Gasteiger partial charge in [0.15, 0.2) is 0 Å². The molecule has 0 radical (unpaired) electrons. The number of aliphatic carboxylic acids is 1. The number of benzene rings is 1. The van der Waals surface area contributed by atoms with E-state index in [2.05, 4.69) is 6.92 Å². The molecule has 3 unspecified atom stereocenters. The molecule has 0 spiro atoms. The quantitative estimate of drug-likeness (QED) is 0.220. The van der Waals surface area contributed by atoms with Crippen LogP contribution in [0.5, 0.6) is 0 Å². The minimum absolute atomic E-state index is 0.0201. The summed E-state index contributed by atoms with van der Waals surface area (Å²) in [6.07, 6.45) is 2.76. The average molecular weight is 517 g/mol. The topological polar surface area (TPSA) is 94.8 Å². The fraction of sp³-hybridized carbons (Fsp3) is 0.615. The van der Waals surface area contributed by atoms with Gasteiger partial charge in [-0.3, -0.25) is 9.59 Å². The van der Waals surface area contributed by atoms with Crippen molar-refractivity contribution in [1.82, 2.24) is 0 Å². The number of carboxylic acid groups (broad SMARTS) is 1. The van der Waals surface area contributed by atoms with Crippen LogP contribution in [-0.2, 0) is 15.8 Å². The fourth-order valence-corrected chi connectivity index (χ4v) is 5.74. The lowest BCUT2D eigenvalue weighted by atomic mass is 9.93. The summed E-state index contributed by atoms with van der Waals surface area (Å²) in [5, 5.41) is 29.7. The molecule has 1 aliphatic rings. The Morgan fingerprint density at radius 3 is 2.46 bits per heavy atom.